The van der Waals surface area contributed by atoms with Gasteiger partial charge in [0.15, 0.2) is 5.58 Å². The Hall–Kier alpha value is -2.82. The van der Waals surface area contributed by atoms with E-state index in [1.165, 1.54) is 12.8 Å². The molecule has 1 heterocycles. The van der Waals surface area contributed by atoms with Crippen molar-refractivity contribution in [3.8, 4) is 11.5 Å². The highest BCUT2D eigenvalue weighted by molar-refractivity contribution is 5.83. The molecule has 0 amide bonds. The number of rotatable bonds is 7. The lowest BCUT2D eigenvalue weighted by molar-refractivity contribution is 0.0769. The number of oxazole rings is 1. The summed E-state index contributed by atoms with van der Waals surface area (Å²) in [4.78, 5) is 15.5. The van der Waals surface area contributed by atoms with Gasteiger partial charge in [-0.05, 0) is 61.9 Å². The van der Waals surface area contributed by atoms with Crippen LogP contribution in [0, 0.1) is 5.92 Å². The molecule has 2 aliphatic rings. The lowest BCUT2D eigenvalue weighted by Crippen LogP contribution is -2.34. The minimum atomic E-state index is 0.0438. The molecule has 27 heavy (non-hydrogen) atoms. The molecular formula is C22H21NO4. The first-order valence-electron chi connectivity index (χ1n) is 9.54. The van der Waals surface area contributed by atoms with Gasteiger partial charge in [-0.2, -0.15) is 0 Å². The van der Waals surface area contributed by atoms with Gasteiger partial charge in [0.25, 0.3) is 0 Å². The van der Waals surface area contributed by atoms with Crippen LogP contribution in [0.3, 0.4) is 0 Å². The molecule has 3 aromatic rings. The highest BCUT2D eigenvalue weighted by Crippen LogP contribution is 2.40. The van der Waals surface area contributed by atoms with Crippen LogP contribution in [0.2, 0.25) is 0 Å². The van der Waals surface area contributed by atoms with E-state index in [4.69, 9.17) is 13.9 Å². The molecule has 2 saturated carbocycles. The third kappa shape index (κ3) is 3.42. The summed E-state index contributed by atoms with van der Waals surface area (Å²) in [7, 11) is 0. The quantitative estimate of drug-likeness (QED) is 0.567. The summed E-state index contributed by atoms with van der Waals surface area (Å²) < 4.78 is 17.9. The smallest absolute Gasteiger partial charge is 0.202 e. The molecule has 0 aliphatic heterocycles. The monoisotopic (exact) mass is 363 g/mol. The Kier molecular flexibility index (Phi) is 4.07. The van der Waals surface area contributed by atoms with E-state index in [0.29, 0.717) is 17.0 Å². The maximum atomic E-state index is 10.9. The first-order chi connectivity index (χ1) is 13.3. The Morgan fingerprint density at radius 2 is 1.96 bits per heavy atom. The van der Waals surface area contributed by atoms with E-state index < -0.39 is 0 Å². The topological polar surface area (TPSA) is 61.6 Å². The molecule has 0 radical (unpaired) electrons. The van der Waals surface area contributed by atoms with Crippen molar-refractivity contribution in [3.63, 3.8) is 0 Å². The van der Waals surface area contributed by atoms with Gasteiger partial charge in [-0.3, -0.25) is 4.79 Å². The Morgan fingerprint density at radius 1 is 1.07 bits per heavy atom. The van der Waals surface area contributed by atoms with E-state index in [1.54, 1.807) is 12.1 Å². The van der Waals surface area contributed by atoms with E-state index in [1.807, 2.05) is 30.3 Å². The molecule has 2 atom stereocenters. The molecule has 138 valence electrons. The zero-order chi connectivity index (χ0) is 18.2. The van der Waals surface area contributed by atoms with Crippen LogP contribution in [0.4, 0.5) is 0 Å². The molecule has 5 rings (SSSR count). The Balaban J connectivity index is 1.29. The zero-order valence-electron chi connectivity index (χ0n) is 15.0. The second-order valence-electron chi connectivity index (χ2n) is 7.47. The molecule has 2 fully saturated rings. The van der Waals surface area contributed by atoms with Gasteiger partial charge in [-0.1, -0.05) is 6.07 Å². The van der Waals surface area contributed by atoms with Crippen LogP contribution in [-0.2, 0) is 0 Å². The number of aromatic nitrogens is 1. The number of aldehydes is 1. The van der Waals surface area contributed by atoms with E-state index in [0.717, 1.165) is 48.7 Å². The molecule has 5 nitrogen and oxygen atoms in total. The van der Waals surface area contributed by atoms with E-state index in [-0.39, 0.29) is 12.0 Å². The second-order valence-corrected chi connectivity index (χ2v) is 7.47. The number of fused-ring (bicyclic) bond motifs is 1. The first kappa shape index (κ1) is 16.4. The van der Waals surface area contributed by atoms with E-state index >= 15 is 0 Å². The molecular weight excluding hydrogens is 342 g/mol. The molecule has 0 N–H and O–H groups in total. The van der Waals surface area contributed by atoms with Crippen LogP contribution >= 0.6 is 0 Å². The summed E-state index contributed by atoms with van der Waals surface area (Å²) in [6.45, 7) is 0.793. The number of benzene rings is 2. The van der Waals surface area contributed by atoms with Gasteiger partial charge in [0.2, 0.25) is 5.89 Å². The Morgan fingerprint density at radius 3 is 2.74 bits per heavy atom. The van der Waals surface area contributed by atoms with Crippen molar-refractivity contribution in [1.29, 1.82) is 0 Å². The fourth-order valence-corrected chi connectivity index (χ4v) is 3.39. The molecule has 1 aromatic heterocycles. The summed E-state index contributed by atoms with van der Waals surface area (Å²) in [5.74, 6) is 3.22. The number of hydrogen-bond donors (Lipinski definition) is 0. The Labute approximate surface area is 157 Å². The highest BCUT2D eigenvalue weighted by atomic mass is 16.5. The standard InChI is InChI=1S/C22H21NO4/c24-12-15-6-8-19-21(10-15)27-22(23-19)18-7-9-20(18)26-17-3-1-2-16(11-17)25-13-14-4-5-14/h1-3,6,8,10-12,14,18,20H,4-5,7,9,13H2/t18-,20+/m0/s1. The number of carbonyl (C=O) groups excluding carboxylic acids is 1. The third-order valence-corrected chi connectivity index (χ3v) is 5.37. The number of carbonyl (C=O) groups is 1. The van der Waals surface area contributed by atoms with Gasteiger partial charge in [0.05, 0.1) is 12.5 Å². The van der Waals surface area contributed by atoms with Crippen molar-refractivity contribution in [2.24, 2.45) is 5.92 Å². The zero-order valence-corrected chi connectivity index (χ0v) is 15.0. The van der Waals surface area contributed by atoms with Gasteiger partial charge < -0.3 is 13.9 Å². The van der Waals surface area contributed by atoms with Crippen molar-refractivity contribution >= 4 is 17.4 Å². The highest BCUT2D eigenvalue weighted by Gasteiger charge is 2.38. The molecule has 2 aliphatic carbocycles. The normalized spacial score (nSPS) is 21.6. The van der Waals surface area contributed by atoms with Gasteiger partial charge in [0.1, 0.15) is 29.4 Å². The molecule has 0 unspecified atom stereocenters. The Bertz CT molecular complexity index is 975. The lowest BCUT2D eigenvalue weighted by atomic mass is 9.81. The van der Waals surface area contributed by atoms with E-state index in [9.17, 15) is 4.79 Å². The molecule has 0 bridgehead atoms. The molecule has 5 heteroatoms. The van der Waals surface area contributed by atoms with Crippen LogP contribution in [0.25, 0.3) is 11.1 Å². The molecule has 0 spiro atoms. The SMILES string of the molecule is O=Cc1ccc2nc([C@H]3CC[C@H]3Oc3cccc(OCC4CC4)c3)oc2c1. The second kappa shape index (κ2) is 6.72. The average molecular weight is 363 g/mol. The minimum absolute atomic E-state index is 0.0438. The number of hydrogen-bond acceptors (Lipinski definition) is 5. The fourth-order valence-electron chi connectivity index (χ4n) is 3.39. The third-order valence-electron chi connectivity index (χ3n) is 5.37. The number of ether oxygens (including phenoxy) is 2. The van der Waals surface area contributed by atoms with Crippen LogP contribution in [0.15, 0.2) is 46.9 Å². The van der Waals surface area contributed by atoms with Crippen LogP contribution < -0.4 is 9.47 Å². The summed E-state index contributed by atoms with van der Waals surface area (Å²) >= 11 is 0. The van der Waals surface area contributed by atoms with Gasteiger partial charge in [-0.25, -0.2) is 4.98 Å². The maximum absolute atomic E-state index is 10.9. The van der Waals surface area contributed by atoms with Crippen molar-refractivity contribution in [2.75, 3.05) is 6.61 Å². The lowest BCUT2D eigenvalue weighted by Gasteiger charge is -2.34. The van der Waals surface area contributed by atoms with E-state index in [2.05, 4.69) is 4.98 Å². The van der Waals surface area contributed by atoms with Crippen molar-refractivity contribution < 1.29 is 18.7 Å². The summed E-state index contributed by atoms with van der Waals surface area (Å²) in [6.07, 6.45) is 5.36. The summed E-state index contributed by atoms with van der Waals surface area (Å²) in [5, 5.41) is 0. The van der Waals surface area contributed by atoms with Gasteiger partial charge >= 0.3 is 0 Å². The summed E-state index contributed by atoms with van der Waals surface area (Å²) in [6, 6.07) is 13.2. The predicted molar refractivity (Wildman–Crippen MR) is 100 cm³/mol. The van der Waals surface area contributed by atoms with Crippen LogP contribution in [-0.4, -0.2) is 24.0 Å². The number of nitrogens with zero attached hydrogens (tertiary/aromatic N) is 1. The first-order valence-corrected chi connectivity index (χ1v) is 9.54. The van der Waals surface area contributed by atoms with Gasteiger partial charge in [-0.15, -0.1) is 0 Å². The van der Waals surface area contributed by atoms with Crippen molar-refractivity contribution in [1.82, 2.24) is 4.98 Å². The molecule has 2 aromatic carbocycles. The van der Waals surface area contributed by atoms with Crippen molar-refractivity contribution in [2.45, 2.75) is 37.7 Å². The summed E-state index contributed by atoms with van der Waals surface area (Å²) in [5.41, 5.74) is 2.02. The minimum Gasteiger partial charge on any atom is -0.493 e. The molecule has 0 saturated heterocycles. The van der Waals surface area contributed by atoms with Crippen molar-refractivity contribution in [3.05, 3.63) is 53.9 Å². The average Bonchev–Trinajstić information content (AvgIpc) is 3.42. The predicted octanol–water partition coefficient (Wildman–Crippen LogP) is 4.75. The fraction of sp³-hybridized carbons (Fsp3) is 0.364. The van der Waals surface area contributed by atoms with Crippen LogP contribution in [0.1, 0.15) is 47.8 Å². The largest absolute Gasteiger partial charge is 0.493 e. The maximum Gasteiger partial charge on any atom is 0.202 e. The van der Waals surface area contributed by atoms with Crippen LogP contribution in [0.5, 0.6) is 11.5 Å². The van der Waals surface area contributed by atoms with Gasteiger partial charge in [0, 0.05) is 11.6 Å².